The van der Waals surface area contributed by atoms with Crippen molar-refractivity contribution in [3.05, 3.63) is 71.3 Å². The summed E-state index contributed by atoms with van der Waals surface area (Å²) in [5, 5.41) is 2.93. The molecule has 1 heterocycles. The molecule has 0 aliphatic carbocycles. The van der Waals surface area contributed by atoms with Crippen LogP contribution < -0.4 is 11.1 Å². The number of nitrogens with zero attached hydrogens (tertiary/aromatic N) is 2. The standard InChI is InChI=1S/C20H24N4O2/c21-14-16-6-8-17(9-7-16)15-22-20(26)24-12-10-23(11-13-24)19(25)18-4-2-1-3-5-18/h1-9H,10-15,21H2,(H,22,26). The summed E-state index contributed by atoms with van der Waals surface area (Å²) in [4.78, 5) is 28.3. The van der Waals surface area contributed by atoms with E-state index in [0.29, 0.717) is 44.8 Å². The molecule has 3 rings (SSSR count). The van der Waals surface area contributed by atoms with E-state index < -0.39 is 0 Å². The lowest BCUT2D eigenvalue weighted by Crippen LogP contribution is -2.53. The van der Waals surface area contributed by atoms with Gasteiger partial charge in [0.2, 0.25) is 0 Å². The highest BCUT2D eigenvalue weighted by Crippen LogP contribution is 2.09. The van der Waals surface area contributed by atoms with Gasteiger partial charge in [0.25, 0.3) is 5.91 Å². The summed E-state index contributed by atoms with van der Waals surface area (Å²) in [5.41, 5.74) is 8.38. The third-order valence-corrected chi connectivity index (χ3v) is 4.58. The third kappa shape index (κ3) is 4.40. The van der Waals surface area contributed by atoms with Crippen molar-refractivity contribution in [2.75, 3.05) is 26.2 Å². The van der Waals surface area contributed by atoms with Crippen molar-refractivity contribution in [2.45, 2.75) is 13.1 Å². The Morgan fingerprint density at radius 3 is 2.04 bits per heavy atom. The lowest BCUT2D eigenvalue weighted by molar-refractivity contribution is 0.0665. The lowest BCUT2D eigenvalue weighted by atomic mass is 10.1. The second-order valence-corrected chi connectivity index (χ2v) is 6.32. The first-order valence-electron chi connectivity index (χ1n) is 8.82. The summed E-state index contributed by atoms with van der Waals surface area (Å²) in [5.74, 6) is 0.0191. The first kappa shape index (κ1) is 17.9. The summed E-state index contributed by atoms with van der Waals surface area (Å²) in [6, 6.07) is 17.0. The van der Waals surface area contributed by atoms with Crippen LogP contribution in [-0.4, -0.2) is 47.9 Å². The zero-order chi connectivity index (χ0) is 18.4. The molecule has 0 atom stereocenters. The van der Waals surface area contributed by atoms with E-state index in [-0.39, 0.29) is 11.9 Å². The molecule has 6 heteroatoms. The number of hydrogen-bond donors (Lipinski definition) is 2. The van der Waals surface area contributed by atoms with Crippen molar-refractivity contribution < 1.29 is 9.59 Å². The number of hydrogen-bond acceptors (Lipinski definition) is 3. The molecular formula is C20H24N4O2. The van der Waals surface area contributed by atoms with Crippen LogP contribution in [0, 0.1) is 0 Å². The Kier molecular flexibility index (Phi) is 5.86. The Bertz CT molecular complexity index is 738. The molecule has 3 amide bonds. The molecule has 2 aromatic carbocycles. The summed E-state index contributed by atoms with van der Waals surface area (Å²) in [6.45, 7) is 3.16. The molecule has 0 spiro atoms. The number of carbonyl (C=O) groups excluding carboxylic acids is 2. The van der Waals surface area contributed by atoms with Crippen LogP contribution in [0.2, 0.25) is 0 Å². The smallest absolute Gasteiger partial charge is 0.317 e. The quantitative estimate of drug-likeness (QED) is 0.881. The van der Waals surface area contributed by atoms with Gasteiger partial charge in [0.1, 0.15) is 0 Å². The number of urea groups is 1. The fraction of sp³-hybridized carbons (Fsp3) is 0.300. The van der Waals surface area contributed by atoms with Crippen LogP contribution in [0.3, 0.4) is 0 Å². The van der Waals surface area contributed by atoms with Crippen molar-refractivity contribution in [3.8, 4) is 0 Å². The second-order valence-electron chi connectivity index (χ2n) is 6.32. The Morgan fingerprint density at radius 1 is 0.846 bits per heavy atom. The van der Waals surface area contributed by atoms with Crippen LogP contribution in [-0.2, 0) is 13.1 Å². The fourth-order valence-corrected chi connectivity index (χ4v) is 2.96. The van der Waals surface area contributed by atoms with Gasteiger partial charge in [-0.25, -0.2) is 4.79 Å². The predicted molar refractivity (Wildman–Crippen MR) is 100 cm³/mol. The summed E-state index contributed by atoms with van der Waals surface area (Å²) in [6.07, 6.45) is 0. The SMILES string of the molecule is NCc1ccc(CNC(=O)N2CCN(C(=O)c3ccccc3)CC2)cc1. The molecule has 136 valence electrons. The minimum atomic E-state index is -0.0975. The van der Waals surface area contributed by atoms with E-state index in [1.807, 2.05) is 54.6 Å². The average Bonchev–Trinajstić information content (AvgIpc) is 2.72. The zero-order valence-electron chi connectivity index (χ0n) is 14.7. The van der Waals surface area contributed by atoms with Crippen molar-refractivity contribution in [3.63, 3.8) is 0 Å². The van der Waals surface area contributed by atoms with Crippen LogP contribution in [0.5, 0.6) is 0 Å². The maximum absolute atomic E-state index is 12.4. The maximum atomic E-state index is 12.4. The molecule has 0 saturated carbocycles. The lowest BCUT2D eigenvalue weighted by Gasteiger charge is -2.34. The average molecular weight is 352 g/mol. The number of rotatable bonds is 4. The molecule has 1 saturated heterocycles. The van der Waals surface area contributed by atoms with Crippen LogP contribution >= 0.6 is 0 Å². The molecule has 2 aromatic rings. The van der Waals surface area contributed by atoms with E-state index in [9.17, 15) is 9.59 Å². The highest BCUT2D eigenvalue weighted by atomic mass is 16.2. The highest BCUT2D eigenvalue weighted by Gasteiger charge is 2.24. The van der Waals surface area contributed by atoms with Crippen molar-refractivity contribution >= 4 is 11.9 Å². The van der Waals surface area contributed by atoms with Crippen LogP contribution in [0.25, 0.3) is 0 Å². The van der Waals surface area contributed by atoms with Gasteiger partial charge >= 0.3 is 6.03 Å². The maximum Gasteiger partial charge on any atom is 0.317 e. The van der Waals surface area contributed by atoms with Gasteiger partial charge in [0.15, 0.2) is 0 Å². The van der Waals surface area contributed by atoms with E-state index in [1.165, 1.54) is 0 Å². The topological polar surface area (TPSA) is 78.7 Å². The fourth-order valence-electron chi connectivity index (χ4n) is 2.96. The first-order chi connectivity index (χ1) is 12.7. The molecule has 3 N–H and O–H groups in total. The molecule has 0 aromatic heterocycles. The summed E-state index contributed by atoms with van der Waals surface area (Å²) < 4.78 is 0. The molecule has 1 aliphatic heterocycles. The van der Waals surface area contributed by atoms with E-state index >= 15 is 0 Å². The number of carbonyl (C=O) groups is 2. The Labute approximate surface area is 153 Å². The summed E-state index contributed by atoms with van der Waals surface area (Å²) >= 11 is 0. The Hall–Kier alpha value is -2.86. The Morgan fingerprint density at radius 2 is 1.42 bits per heavy atom. The van der Waals surface area contributed by atoms with Gasteiger partial charge in [0, 0.05) is 44.8 Å². The van der Waals surface area contributed by atoms with E-state index in [0.717, 1.165) is 11.1 Å². The molecule has 1 aliphatic rings. The first-order valence-corrected chi connectivity index (χ1v) is 8.82. The van der Waals surface area contributed by atoms with Crippen LogP contribution in [0.1, 0.15) is 21.5 Å². The molecule has 0 radical (unpaired) electrons. The van der Waals surface area contributed by atoms with E-state index in [2.05, 4.69) is 5.32 Å². The molecule has 0 bridgehead atoms. The largest absolute Gasteiger partial charge is 0.335 e. The third-order valence-electron chi connectivity index (χ3n) is 4.58. The minimum Gasteiger partial charge on any atom is -0.335 e. The van der Waals surface area contributed by atoms with Gasteiger partial charge in [-0.15, -0.1) is 0 Å². The summed E-state index contributed by atoms with van der Waals surface area (Å²) in [7, 11) is 0. The van der Waals surface area contributed by atoms with Gasteiger partial charge in [-0.3, -0.25) is 4.79 Å². The van der Waals surface area contributed by atoms with Crippen molar-refractivity contribution in [1.29, 1.82) is 0 Å². The van der Waals surface area contributed by atoms with E-state index in [1.54, 1.807) is 9.80 Å². The minimum absolute atomic E-state index is 0.0191. The van der Waals surface area contributed by atoms with Crippen molar-refractivity contribution in [1.82, 2.24) is 15.1 Å². The van der Waals surface area contributed by atoms with E-state index in [4.69, 9.17) is 5.73 Å². The van der Waals surface area contributed by atoms with Crippen molar-refractivity contribution in [2.24, 2.45) is 5.73 Å². The van der Waals surface area contributed by atoms with Gasteiger partial charge in [-0.1, -0.05) is 42.5 Å². The highest BCUT2D eigenvalue weighted by molar-refractivity contribution is 5.94. The molecule has 1 fully saturated rings. The normalized spacial score (nSPS) is 14.2. The van der Waals surface area contributed by atoms with Gasteiger partial charge < -0.3 is 20.9 Å². The molecule has 0 unspecified atom stereocenters. The number of piperazine rings is 1. The second kappa shape index (κ2) is 8.49. The Balaban J connectivity index is 1.46. The van der Waals surface area contributed by atoms with Gasteiger partial charge in [-0.05, 0) is 23.3 Å². The zero-order valence-corrected chi connectivity index (χ0v) is 14.7. The monoisotopic (exact) mass is 352 g/mol. The molecule has 6 nitrogen and oxygen atoms in total. The number of amides is 3. The number of benzene rings is 2. The van der Waals surface area contributed by atoms with Gasteiger partial charge in [0.05, 0.1) is 0 Å². The molecular weight excluding hydrogens is 328 g/mol. The van der Waals surface area contributed by atoms with Gasteiger partial charge in [-0.2, -0.15) is 0 Å². The van der Waals surface area contributed by atoms with Crippen LogP contribution in [0.15, 0.2) is 54.6 Å². The predicted octanol–water partition coefficient (Wildman–Crippen LogP) is 1.81. The van der Waals surface area contributed by atoms with Crippen LogP contribution in [0.4, 0.5) is 4.79 Å². The number of nitrogens with one attached hydrogen (secondary N) is 1. The molecule has 26 heavy (non-hydrogen) atoms. The number of nitrogens with two attached hydrogens (primary N) is 1.